The predicted molar refractivity (Wildman–Crippen MR) is 74.8 cm³/mol. The molecule has 6 heteroatoms. The van der Waals surface area contributed by atoms with Crippen LogP contribution < -0.4 is 10.1 Å². The summed E-state index contributed by atoms with van der Waals surface area (Å²) in [4.78, 5) is 8.49. The van der Waals surface area contributed by atoms with Crippen LogP contribution in [0.4, 0.5) is 0 Å². The van der Waals surface area contributed by atoms with E-state index in [-0.39, 0.29) is 6.10 Å². The van der Waals surface area contributed by atoms with Gasteiger partial charge >= 0.3 is 0 Å². The minimum atomic E-state index is -0.229. The number of ether oxygens (including phenoxy) is 1. The van der Waals surface area contributed by atoms with Gasteiger partial charge < -0.3 is 14.5 Å². The van der Waals surface area contributed by atoms with E-state index in [9.17, 15) is 0 Å². The van der Waals surface area contributed by atoms with E-state index in [1.807, 2.05) is 13.0 Å². The van der Waals surface area contributed by atoms with Crippen LogP contribution in [0.1, 0.15) is 24.0 Å². The second kappa shape index (κ2) is 5.81. The first kappa shape index (κ1) is 13.4. The van der Waals surface area contributed by atoms with E-state index in [0.29, 0.717) is 22.7 Å². The standard InChI is InChI=1S/C14H16ClN3O2/c1-9-6-11(15)8-18-13(9)20-12(10-2-3-16-7-10)14-17-4-5-19-14/h4-6,8,10,12,16H,2-3,7H2,1H3/t10-,12+/m1/s1. The summed E-state index contributed by atoms with van der Waals surface area (Å²) in [5.74, 6) is 1.49. The van der Waals surface area contributed by atoms with E-state index in [0.717, 1.165) is 25.1 Å². The fourth-order valence-electron chi connectivity index (χ4n) is 2.43. The average molecular weight is 294 g/mol. The maximum absolute atomic E-state index is 6.06. The van der Waals surface area contributed by atoms with Crippen LogP contribution in [0.15, 0.2) is 29.1 Å². The molecule has 3 rings (SSSR count). The highest BCUT2D eigenvalue weighted by molar-refractivity contribution is 6.30. The Morgan fingerprint density at radius 3 is 3.05 bits per heavy atom. The van der Waals surface area contributed by atoms with Gasteiger partial charge in [-0.05, 0) is 26.0 Å². The van der Waals surface area contributed by atoms with Gasteiger partial charge in [-0.15, -0.1) is 0 Å². The highest BCUT2D eigenvalue weighted by atomic mass is 35.5. The van der Waals surface area contributed by atoms with E-state index in [1.54, 1.807) is 18.7 Å². The first-order valence-corrected chi connectivity index (χ1v) is 7.01. The van der Waals surface area contributed by atoms with E-state index < -0.39 is 0 Å². The Hall–Kier alpha value is -1.59. The van der Waals surface area contributed by atoms with Crippen LogP contribution in [0.25, 0.3) is 0 Å². The summed E-state index contributed by atoms with van der Waals surface area (Å²) in [6.07, 6.45) is 5.59. The SMILES string of the molecule is Cc1cc(Cl)cnc1O[C@H](c1ncco1)[C@@H]1CCNC1. The molecule has 0 aromatic carbocycles. The Kier molecular flexibility index (Phi) is 3.89. The smallest absolute Gasteiger partial charge is 0.235 e. The molecule has 2 aromatic rings. The number of aryl methyl sites for hydroxylation is 1. The number of hydrogen-bond donors (Lipinski definition) is 1. The summed E-state index contributed by atoms with van der Waals surface area (Å²) in [6.45, 7) is 3.80. The lowest BCUT2D eigenvalue weighted by atomic mass is 10.0. The topological polar surface area (TPSA) is 60.2 Å². The zero-order valence-corrected chi connectivity index (χ0v) is 11.9. The van der Waals surface area contributed by atoms with Crippen LogP contribution in [-0.4, -0.2) is 23.1 Å². The normalized spacial score (nSPS) is 20.0. The van der Waals surface area contributed by atoms with Crippen molar-refractivity contribution in [3.63, 3.8) is 0 Å². The molecule has 0 aliphatic carbocycles. The van der Waals surface area contributed by atoms with Crippen LogP contribution in [0.2, 0.25) is 5.02 Å². The van der Waals surface area contributed by atoms with Crippen LogP contribution in [0, 0.1) is 12.8 Å². The van der Waals surface area contributed by atoms with Crippen molar-refractivity contribution in [3.8, 4) is 5.88 Å². The van der Waals surface area contributed by atoms with Gasteiger partial charge in [0, 0.05) is 24.2 Å². The number of nitrogens with one attached hydrogen (secondary N) is 1. The molecule has 106 valence electrons. The van der Waals surface area contributed by atoms with E-state index >= 15 is 0 Å². The average Bonchev–Trinajstić information content (AvgIpc) is 3.11. The van der Waals surface area contributed by atoms with E-state index in [4.69, 9.17) is 20.8 Å². The zero-order valence-electron chi connectivity index (χ0n) is 11.2. The van der Waals surface area contributed by atoms with Crippen LogP contribution in [0.5, 0.6) is 5.88 Å². The van der Waals surface area contributed by atoms with Gasteiger partial charge in [-0.1, -0.05) is 11.6 Å². The van der Waals surface area contributed by atoms with Crippen LogP contribution >= 0.6 is 11.6 Å². The summed E-state index contributed by atoms with van der Waals surface area (Å²) in [5.41, 5.74) is 0.903. The van der Waals surface area contributed by atoms with Gasteiger partial charge in [-0.3, -0.25) is 0 Å². The molecule has 20 heavy (non-hydrogen) atoms. The predicted octanol–water partition coefficient (Wildman–Crippen LogP) is 2.76. The number of halogens is 1. The molecule has 5 nitrogen and oxygen atoms in total. The Balaban J connectivity index is 1.86. The van der Waals surface area contributed by atoms with Gasteiger partial charge in [0.2, 0.25) is 11.8 Å². The van der Waals surface area contributed by atoms with Crippen molar-refractivity contribution in [1.29, 1.82) is 0 Å². The first-order valence-electron chi connectivity index (χ1n) is 6.63. The molecular formula is C14H16ClN3O2. The molecular weight excluding hydrogens is 278 g/mol. The number of oxazole rings is 1. The molecule has 2 atom stereocenters. The van der Waals surface area contributed by atoms with E-state index in [2.05, 4.69) is 15.3 Å². The second-order valence-corrected chi connectivity index (χ2v) is 5.37. The van der Waals surface area contributed by atoms with Crippen molar-refractivity contribution in [1.82, 2.24) is 15.3 Å². The van der Waals surface area contributed by atoms with Gasteiger partial charge in [0.1, 0.15) is 6.26 Å². The Labute approximate surface area is 122 Å². The number of aromatic nitrogens is 2. The van der Waals surface area contributed by atoms with Crippen molar-refractivity contribution in [3.05, 3.63) is 41.2 Å². The number of pyridine rings is 1. The van der Waals surface area contributed by atoms with E-state index in [1.165, 1.54) is 0 Å². The Bertz CT molecular complexity index is 568. The van der Waals surface area contributed by atoms with Crippen molar-refractivity contribution >= 4 is 11.6 Å². The van der Waals surface area contributed by atoms with Crippen LogP contribution in [-0.2, 0) is 0 Å². The summed E-state index contributed by atoms with van der Waals surface area (Å²) in [7, 11) is 0. The third-order valence-electron chi connectivity index (χ3n) is 3.46. The highest BCUT2D eigenvalue weighted by Crippen LogP contribution is 2.32. The molecule has 2 aromatic heterocycles. The minimum absolute atomic E-state index is 0.229. The van der Waals surface area contributed by atoms with Crippen molar-refractivity contribution in [2.24, 2.45) is 5.92 Å². The molecule has 1 aliphatic rings. The molecule has 0 saturated carbocycles. The van der Waals surface area contributed by atoms with Gasteiger partial charge in [-0.25, -0.2) is 9.97 Å². The van der Waals surface area contributed by atoms with Crippen molar-refractivity contribution < 1.29 is 9.15 Å². The molecule has 0 radical (unpaired) electrons. The molecule has 0 unspecified atom stereocenters. The van der Waals surface area contributed by atoms with Crippen molar-refractivity contribution in [2.45, 2.75) is 19.4 Å². The fourth-order valence-corrected chi connectivity index (χ4v) is 2.64. The molecule has 3 heterocycles. The molecule has 1 aliphatic heterocycles. The van der Waals surface area contributed by atoms with Gasteiger partial charge in [0.25, 0.3) is 0 Å². The quantitative estimate of drug-likeness (QED) is 0.939. The fraction of sp³-hybridized carbons (Fsp3) is 0.429. The number of nitrogens with zero attached hydrogens (tertiary/aromatic N) is 2. The monoisotopic (exact) mass is 293 g/mol. The number of hydrogen-bond acceptors (Lipinski definition) is 5. The minimum Gasteiger partial charge on any atom is -0.464 e. The van der Waals surface area contributed by atoms with Crippen molar-refractivity contribution in [2.75, 3.05) is 13.1 Å². The summed E-state index contributed by atoms with van der Waals surface area (Å²) < 4.78 is 11.5. The largest absolute Gasteiger partial charge is 0.464 e. The lowest BCUT2D eigenvalue weighted by Crippen LogP contribution is -2.22. The Morgan fingerprint density at radius 2 is 2.40 bits per heavy atom. The maximum Gasteiger partial charge on any atom is 0.235 e. The van der Waals surface area contributed by atoms with Gasteiger partial charge in [-0.2, -0.15) is 0 Å². The summed E-state index contributed by atoms with van der Waals surface area (Å²) >= 11 is 5.92. The first-order chi connectivity index (χ1) is 9.74. The lowest BCUT2D eigenvalue weighted by Gasteiger charge is -2.21. The third kappa shape index (κ3) is 2.78. The van der Waals surface area contributed by atoms with Gasteiger partial charge in [0.05, 0.1) is 11.2 Å². The number of rotatable bonds is 4. The lowest BCUT2D eigenvalue weighted by molar-refractivity contribution is 0.108. The third-order valence-corrected chi connectivity index (χ3v) is 3.66. The molecule has 1 fully saturated rings. The van der Waals surface area contributed by atoms with Gasteiger partial charge in [0.15, 0.2) is 6.10 Å². The summed E-state index contributed by atoms with van der Waals surface area (Å²) in [5, 5.41) is 3.94. The molecule has 1 N–H and O–H groups in total. The van der Waals surface area contributed by atoms with Crippen LogP contribution in [0.3, 0.4) is 0 Å². The highest BCUT2D eigenvalue weighted by Gasteiger charge is 2.32. The zero-order chi connectivity index (χ0) is 13.9. The summed E-state index contributed by atoms with van der Waals surface area (Å²) in [6, 6.07) is 1.84. The maximum atomic E-state index is 6.06. The molecule has 0 amide bonds. The molecule has 1 saturated heterocycles. The second-order valence-electron chi connectivity index (χ2n) is 4.94. The Morgan fingerprint density at radius 1 is 1.50 bits per heavy atom. The molecule has 0 spiro atoms. The molecule has 0 bridgehead atoms.